The molecule has 0 amide bonds. The van der Waals surface area contributed by atoms with Gasteiger partial charge in [0.2, 0.25) is 0 Å². The molecule has 1 aromatic carbocycles. The number of sulfone groups is 1. The summed E-state index contributed by atoms with van der Waals surface area (Å²) in [6.45, 7) is 0. The Morgan fingerprint density at radius 3 is 2.53 bits per heavy atom. The summed E-state index contributed by atoms with van der Waals surface area (Å²) in [5.74, 6) is -0.797. The standard InChI is InChI=1S/C11H11ClO4S/c12-10-5-8(3-4-9(10)11(13)14)17(15,16)6-7-1-2-7/h3-5,7H,1-2,6H2,(H,13,14). The van der Waals surface area contributed by atoms with Crippen molar-refractivity contribution in [2.75, 3.05) is 5.75 Å². The maximum absolute atomic E-state index is 11.9. The largest absolute Gasteiger partial charge is 0.478 e. The summed E-state index contributed by atoms with van der Waals surface area (Å²) in [6, 6.07) is 3.74. The van der Waals surface area contributed by atoms with Crippen LogP contribution in [0.25, 0.3) is 0 Å². The molecule has 0 spiro atoms. The Balaban J connectivity index is 2.33. The van der Waals surface area contributed by atoms with E-state index in [-0.39, 0.29) is 27.2 Å². The average molecular weight is 275 g/mol. The van der Waals surface area contributed by atoms with E-state index >= 15 is 0 Å². The smallest absolute Gasteiger partial charge is 0.337 e. The van der Waals surface area contributed by atoms with E-state index in [0.717, 1.165) is 12.8 Å². The van der Waals surface area contributed by atoms with Gasteiger partial charge in [-0.05, 0) is 37.0 Å². The van der Waals surface area contributed by atoms with Gasteiger partial charge in [0, 0.05) is 0 Å². The number of aromatic carboxylic acids is 1. The molecule has 1 saturated carbocycles. The topological polar surface area (TPSA) is 71.4 Å². The van der Waals surface area contributed by atoms with Crippen molar-refractivity contribution < 1.29 is 18.3 Å². The first kappa shape index (κ1) is 12.4. The van der Waals surface area contributed by atoms with Crippen molar-refractivity contribution in [3.8, 4) is 0 Å². The van der Waals surface area contributed by atoms with Crippen molar-refractivity contribution in [2.24, 2.45) is 5.92 Å². The summed E-state index contributed by atoms with van der Waals surface area (Å²) in [4.78, 5) is 10.8. The first-order valence-corrected chi connectivity index (χ1v) is 7.19. The van der Waals surface area contributed by atoms with Crippen molar-refractivity contribution in [1.29, 1.82) is 0 Å². The van der Waals surface area contributed by atoms with E-state index in [1.165, 1.54) is 18.2 Å². The highest BCUT2D eigenvalue weighted by molar-refractivity contribution is 7.91. The fourth-order valence-electron chi connectivity index (χ4n) is 1.55. The number of hydrogen-bond donors (Lipinski definition) is 1. The molecule has 4 nitrogen and oxygen atoms in total. The second-order valence-electron chi connectivity index (χ2n) is 4.17. The Kier molecular flexibility index (Phi) is 3.14. The van der Waals surface area contributed by atoms with Crippen molar-refractivity contribution in [3.63, 3.8) is 0 Å². The zero-order valence-electron chi connectivity index (χ0n) is 8.89. The lowest BCUT2D eigenvalue weighted by Gasteiger charge is -2.05. The Bertz CT molecular complexity index is 561. The third-order valence-electron chi connectivity index (χ3n) is 2.68. The normalized spacial score (nSPS) is 15.8. The summed E-state index contributed by atoms with van der Waals surface area (Å²) in [6.07, 6.45) is 1.89. The van der Waals surface area contributed by atoms with Gasteiger partial charge in [-0.25, -0.2) is 13.2 Å². The summed E-state index contributed by atoms with van der Waals surface area (Å²) in [5.41, 5.74) is -0.0861. The first-order valence-electron chi connectivity index (χ1n) is 5.16. The number of benzene rings is 1. The Morgan fingerprint density at radius 2 is 2.06 bits per heavy atom. The fourth-order valence-corrected chi connectivity index (χ4v) is 3.60. The molecule has 1 fully saturated rings. The van der Waals surface area contributed by atoms with Gasteiger partial charge in [0.1, 0.15) is 0 Å². The van der Waals surface area contributed by atoms with Gasteiger partial charge in [0.05, 0.1) is 21.2 Å². The van der Waals surface area contributed by atoms with E-state index in [1.54, 1.807) is 0 Å². The van der Waals surface area contributed by atoms with E-state index in [9.17, 15) is 13.2 Å². The molecule has 2 rings (SSSR count). The molecule has 0 unspecified atom stereocenters. The van der Waals surface area contributed by atoms with E-state index in [0.29, 0.717) is 0 Å². The highest BCUT2D eigenvalue weighted by Gasteiger charge is 2.29. The molecule has 1 N–H and O–H groups in total. The number of carboxylic acids is 1. The van der Waals surface area contributed by atoms with E-state index < -0.39 is 15.8 Å². The van der Waals surface area contributed by atoms with Crippen LogP contribution in [0.5, 0.6) is 0 Å². The number of hydrogen-bond acceptors (Lipinski definition) is 3. The zero-order valence-corrected chi connectivity index (χ0v) is 10.5. The van der Waals surface area contributed by atoms with E-state index in [2.05, 4.69) is 0 Å². The molecular weight excluding hydrogens is 264 g/mol. The second-order valence-corrected chi connectivity index (χ2v) is 6.61. The summed E-state index contributed by atoms with van der Waals surface area (Å²) in [7, 11) is -3.34. The van der Waals surface area contributed by atoms with Crippen molar-refractivity contribution in [1.82, 2.24) is 0 Å². The minimum Gasteiger partial charge on any atom is -0.478 e. The molecule has 17 heavy (non-hydrogen) atoms. The first-order chi connectivity index (χ1) is 7.90. The lowest BCUT2D eigenvalue weighted by Crippen LogP contribution is -2.09. The quantitative estimate of drug-likeness (QED) is 0.914. The van der Waals surface area contributed by atoms with Gasteiger partial charge in [-0.2, -0.15) is 0 Å². The Labute approximate surface area is 104 Å². The average Bonchev–Trinajstić information content (AvgIpc) is 3.00. The highest BCUT2D eigenvalue weighted by Crippen LogP contribution is 2.33. The highest BCUT2D eigenvalue weighted by atomic mass is 35.5. The van der Waals surface area contributed by atoms with E-state index in [1.807, 2.05) is 0 Å². The molecule has 1 aliphatic rings. The summed E-state index contributed by atoms with van der Waals surface area (Å²) in [5, 5.41) is 8.73. The predicted octanol–water partition coefficient (Wildman–Crippen LogP) is 2.22. The molecule has 0 saturated heterocycles. The molecule has 6 heteroatoms. The van der Waals surface area contributed by atoms with Gasteiger partial charge >= 0.3 is 5.97 Å². The number of carbonyl (C=O) groups is 1. The summed E-state index contributed by atoms with van der Waals surface area (Å²) < 4.78 is 23.8. The van der Waals surface area contributed by atoms with E-state index in [4.69, 9.17) is 16.7 Å². The van der Waals surface area contributed by atoms with Crippen molar-refractivity contribution in [2.45, 2.75) is 17.7 Å². The van der Waals surface area contributed by atoms with Crippen LogP contribution >= 0.6 is 11.6 Å². The lowest BCUT2D eigenvalue weighted by molar-refractivity contribution is 0.0697. The molecule has 0 atom stereocenters. The maximum atomic E-state index is 11.9. The molecule has 1 aromatic rings. The van der Waals surface area contributed by atoms with Crippen LogP contribution in [0.1, 0.15) is 23.2 Å². The van der Waals surface area contributed by atoms with Crippen LogP contribution in [0.3, 0.4) is 0 Å². The fraction of sp³-hybridized carbons (Fsp3) is 0.364. The molecule has 0 aliphatic heterocycles. The van der Waals surface area contributed by atoms with Crippen LogP contribution in [-0.2, 0) is 9.84 Å². The third kappa shape index (κ3) is 2.79. The number of carboxylic acid groups (broad SMARTS) is 1. The molecule has 0 bridgehead atoms. The zero-order chi connectivity index (χ0) is 12.6. The molecule has 1 aliphatic carbocycles. The van der Waals surface area contributed by atoms with Crippen molar-refractivity contribution in [3.05, 3.63) is 28.8 Å². The molecule has 0 radical (unpaired) electrons. The number of rotatable bonds is 4. The second kappa shape index (κ2) is 4.31. The Hall–Kier alpha value is -1.07. The monoisotopic (exact) mass is 274 g/mol. The summed E-state index contributed by atoms with van der Waals surface area (Å²) >= 11 is 5.74. The van der Waals surface area contributed by atoms with Crippen LogP contribution in [0, 0.1) is 5.92 Å². The van der Waals surface area contributed by atoms with Gasteiger partial charge in [-0.15, -0.1) is 0 Å². The van der Waals surface area contributed by atoms with Gasteiger partial charge in [-0.1, -0.05) is 11.6 Å². The molecule has 92 valence electrons. The predicted molar refractivity (Wildman–Crippen MR) is 63.2 cm³/mol. The molecule has 0 aromatic heterocycles. The molecular formula is C11H11ClO4S. The lowest BCUT2D eigenvalue weighted by atomic mass is 10.2. The Morgan fingerprint density at radius 1 is 1.41 bits per heavy atom. The molecule has 0 heterocycles. The van der Waals surface area contributed by atoms with Gasteiger partial charge in [-0.3, -0.25) is 0 Å². The van der Waals surface area contributed by atoms with Crippen molar-refractivity contribution >= 4 is 27.4 Å². The minimum absolute atomic E-state index is 0.0469. The van der Waals surface area contributed by atoms with Gasteiger partial charge < -0.3 is 5.11 Å². The SMILES string of the molecule is O=C(O)c1ccc(S(=O)(=O)CC2CC2)cc1Cl. The number of halogens is 1. The van der Waals surface area contributed by atoms with Crippen LogP contribution in [0.2, 0.25) is 5.02 Å². The maximum Gasteiger partial charge on any atom is 0.337 e. The van der Waals surface area contributed by atoms with Crippen LogP contribution in [0.15, 0.2) is 23.1 Å². The van der Waals surface area contributed by atoms with Crippen LogP contribution in [-0.4, -0.2) is 25.2 Å². The van der Waals surface area contributed by atoms with Gasteiger partial charge in [0.15, 0.2) is 9.84 Å². The minimum atomic E-state index is -3.34. The van der Waals surface area contributed by atoms with Crippen LogP contribution in [0.4, 0.5) is 0 Å². The third-order valence-corrected chi connectivity index (χ3v) is 4.88. The van der Waals surface area contributed by atoms with Gasteiger partial charge in [0.25, 0.3) is 0 Å². The van der Waals surface area contributed by atoms with Crippen LogP contribution < -0.4 is 0 Å².